The second-order valence-corrected chi connectivity index (χ2v) is 9.08. The number of carbonyl (C=O) groups is 1. The Bertz CT molecular complexity index is 1140. The summed E-state index contributed by atoms with van der Waals surface area (Å²) in [5.41, 5.74) is 2.66. The molecule has 4 aromatic rings. The van der Waals surface area contributed by atoms with E-state index in [0.717, 1.165) is 39.8 Å². The molecule has 0 unspecified atom stereocenters. The van der Waals surface area contributed by atoms with Gasteiger partial charge in [-0.1, -0.05) is 25.1 Å². The van der Waals surface area contributed by atoms with Crippen LogP contribution in [-0.4, -0.2) is 39.1 Å². The van der Waals surface area contributed by atoms with Crippen molar-refractivity contribution in [3.63, 3.8) is 0 Å². The van der Waals surface area contributed by atoms with Gasteiger partial charge in [-0.3, -0.25) is 9.69 Å². The molecule has 1 amide bonds. The highest BCUT2D eigenvalue weighted by atomic mass is 32.1. The van der Waals surface area contributed by atoms with Crippen LogP contribution in [0.25, 0.3) is 22.0 Å². The fourth-order valence-electron chi connectivity index (χ4n) is 3.19. The normalized spacial score (nSPS) is 11.2. The number of amides is 1. The van der Waals surface area contributed by atoms with E-state index in [-0.39, 0.29) is 12.5 Å². The molecular weight excluding hydrogens is 430 g/mol. The van der Waals surface area contributed by atoms with E-state index in [9.17, 15) is 4.79 Å². The number of nitrogens with zero attached hydrogens (tertiary/aromatic N) is 4. The molecule has 0 fully saturated rings. The van der Waals surface area contributed by atoms with Crippen molar-refractivity contribution < 1.29 is 9.21 Å². The molecule has 0 bridgehead atoms. The third kappa shape index (κ3) is 5.63. The molecule has 0 aliphatic heterocycles. The van der Waals surface area contributed by atoms with Gasteiger partial charge in [-0.15, -0.1) is 32.9 Å². The van der Waals surface area contributed by atoms with Crippen LogP contribution < -0.4 is 5.32 Å². The molecule has 0 aliphatic carbocycles. The van der Waals surface area contributed by atoms with Crippen molar-refractivity contribution in [3.05, 3.63) is 58.1 Å². The van der Waals surface area contributed by atoms with Crippen molar-refractivity contribution in [3.8, 4) is 22.0 Å². The maximum atomic E-state index is 12.7. The molecule has 0 aliphatic rings. The number of aryl methyl sites for hydroxylation is 1. The van der Waals surface area contributed by atoms with Crippen LogP contribution in [0.3, 0.4) is 0 Å². The van der Waals surface area contributed by atoms with Gasteiger partial charge in [0.2, 0.25) is 11.8 Å². The molecule has 0 atom stereocenters. The van der Waals surface area contributed by atoms with Crippen molar-refractivity contribution in [2.75, 3.05) is 18.4 Å². The minimum atomic E-state index is -0.0851. The third-order valence-corrected chi connectivity index (χ3v) is 6.16. The maximum Gasteiger partial charge on any atom is 0.257 e. The zero-order valence-electron chi connectivity index (χ0n) is 17.4. The van der Waals surface area contributed by atoms with Crippen molar-refractivity contribution in [1.29, 1.82) is 0 Å². The van der Waals surface area contributed by atoms with E-state index in [1.54, 1.807) is 22.7 Å². The van der Waals surface area contributed by atoms with E-state index in [1.165, 1.54) is 0 Å². The highest BCUT2D eigenvalue weighted by molar-refractivity contribution is 7.13. The highest BCUT2D eigenvalue weighted by Gasteiger charge is 2.16. The number of rotatable bonds is 9. The molecule has 0 saturated heterocycles. The lowest BCUT2D eigenvalue weighted by atomic mass is 10.1. The molecule has 160 valence electrons. The van der Waals surface area contributed by atoms with Crippen LogP contribution in [0.2, 0.25) is 0 Å². The maximum absolute atomic E-state index is 12.7. The molecule has 3 heterocycles. The monoisotopic (exact) mass is 453 g/mol. The first-order valence-electron chi connectivity index (χ1n) is 10.0. The van der Waals surface area contributed by atoms with Crippen LogP contribution in [0.15, 0.2) is 51.6 Å². The first-order valence-corrected chi connectivity index (χ1v) is 11.8. The number of nitrogens with one attached hydrogen (secondary N) is 1. The van der Waals surface area contributed by atoms with Crippen molar-refractivity contribution in [2.45, 2.75) is 26.8 Å². The summed E-state index contributed by atoms with van der Waals surface area (Å²) < 4.78 is 5.78. The van der Waals surface area contributed by atoms with Crippen LogP contribution in [-0.2, 0) is 11.3 Å². The number of anilines is 1. The van der Waals surface area contributed by atoms with Gasteiger partial charge < -0.3 is 9.73 Å². The number of hydrogen-bond donors (Lipinski definition) is 1. The lowest BCUT2D eigenvalue weighted by Crippen LogP contribution is -2.33. The summed E-state index contributed by atoms with van der Waals surface area (Å²) in [7, 11) is 0. The molecule has 7 nitrogen and oxygen atoms in total. The Morgan fingerprint density at radius 2 is 2.10 bits per heavy atom. The summed E-state index contributed by atoms with van der Waals surface area (Å²) in [5, 5.41) is 16.3. The lowest BCUT2D eigenvalue weighted by molar-refractivity contribution is -0.117. The number of hydrogen-bond acceptors (Lipinski definition) is 8. The molecule has 9 heteroatoms. The smallest absolute Gasteiger partial charge is 0.257 e. The molecule has 0 spiro atoms. The Balaban J connectivity index is 1.39. The summed E-state index contributed by atoms with van der Waals surface area (Å²) in [6, 6.07) is 11.6. The number of thiophene rings is 1. The van der Waals surface area contributed by atoms with E-state index in [0.29, 0.717) is 18.3 Å². The summed E-state index contributed by atoms with van der Waals surface area (Å²) >= 11 is 3.16. The fourth-order valence-corrected chi connectivity index (χ4v) is 4.46. The molecule has 3 aromatic heterocycles. The first kappa shape index (κ1) is 21.4. The number of carbonyl (C=O) groups excluding carboxylic acids is 1. The van der Waals surface area contributed by atoms with Crippen molar-refractivity contribution >= 4 is 34.3 Å². The quantitative estimate of drug-likeness (QED) is 0.380. The number of thiazole rings is 1. The highest BCUT2D eigenvalue weighted by Crippen LogP contribution is 2.25. The van der Waals surface area contributed by atoms with Crippen LogP contribution >= 0.6 is 22.7 Å². The lowest BCUT2D eigenvalue weighted by Gasteiger charge is -2.19. The van der Waals surface area contributed by atoms with Crippen molar-refractivity contribution in [2.24, 2.45) is 0 Å². The Labute approximate surface area is 188 Å². The summed E-state index contributed by atoms with van der Waals surface area (Å²) in [4.78, 5) is 20.2. The van der Waals surface area contributed by atoms with Crippen molar-refractivity contribution in [1.82, 2.24) is 20.1 Å². The molecule has 0 saturated carbocycles. The van der Waals surface area contributed by atoms with Gasteiger partial charge in [0, 0.05) is 16.6 Å². The summed E-state index contributed by atoms with van der Waals surface area (Å²) in [6.07, 6.45) is 0.915. The molecule has 0 radical (unpaired) electrons. The number of aromatic nitrogens is 3. The fraction of sp³-hybridized carbons (Fsp3) is 0.273. The standard InChI is InChI=1S/C22H23N5O2S2/c1-3-9-27(13-21-25-26-22(29-21)19-8-5-10-30-19)12-20(28)24-17-7-4-6-16(11-17)18-14-31-15(2)23-18/h4-8,10-11,14H,3,9,12-13H2,1-2H3,(H,24,28). The molecule has 4 rings (SSSR count). The predicted octanol–water partition coefficient (Wildman–Crippen LogP) is 5.08. The largest absolute Gasteiger partial charge is 0.419 e. The van der Waals surface area contributed by atoms with Gasteiger partial charge in [0.05, 0.1) is 28.7 Å². The number of benzene rings is 1. The van der Waals surface area contributed by atoms with Gasteiger partial charge >= 0.3 is 0 Å². The summed E-state index contributed by atoms with van der Waals surface area (Å²) in [6.45, 7) is 5.48. The average Bonchev–Trinajstić information content (AvgIpc) is 3.50. The predicted molar refractivity (Wildman–Crippen MR) is 124 cm³/mol. The Kier molecular flexibility index (Phi) is 6.86. The second-order valence-electron chi connectivity index (χ2n) is 7.07. The Morgan fingerprint density at radius 3 is 2.84 bits per heavy atom. The van der Waals surface area contributed by atoms with E-state index in [2.05, 4.69) is 27.4 Å². The van der Waals surface area contributed by atoms with Gasteiger partial charge in [-0.05, 0) is 43.5 Å². The van der Waals surface area contributed by atoms with Gasteiger partial charge in [0.15, 0.2) is 0 Å². The topological polar surface area (TPSA) is 84.2 Å². The van der Waals surface area contributed by atoms with Gasteiger partial charge in [-0.25, -0.2) is 4.98 Å². The van der Waals surface area contributed by atoms with Gasteiger partial charge in [0.25, 0.3) is 5.89 Å². The molecule has 1 aromatic carbocycles. The molecule has 1 N–H and O–H groups in total. The zero-order valence-corrected chi connectivity index (χ0v) is 19.0. The van der Waals surface area contributed by atoms with E-state index in [4.69, 9.17) is 4.42 Å². The minimum absolute atomic E-state index is 0.0851. The van der Waals surface area contributed by atoms with Crippen LogP contribution in [0, 0.1) is 6.92 Å². The molecular formula is C22H23N5O2S2. The third-order valence-electron chi connectivity index (χ3n) is 4.53. The van der Waals surface area contributed by atoms with Gasteiger partial charge in [-0.2, -0.15) is 0 Å². The van der Waals surface area contributed by atoms with Crippen LogP contribution in [0.1, 0.15) is 24.2 Å². The van der Waals surface area contributed by atoms with E-state index < -0.39 is 0 Å². The average molecular weight is 454 g/mol. The zero-order chi connectivity index (χ0) is 21.6. The van der Waals surface area contributed by atoms with Crippen LogP contribution in [0.5, 0.6) is 0 Å². The minimum Gasteiger partial charge on any atom is -0.419 e. The molecule has 31 heavy (non-hydrogen) atoms. The van der Waals surface area contributed by atoms with E-state index >= 15 is 0 Å². The Morgan fingerprint density at radius 1 is 1.19 bits per heavy atom. The van der Waals surface area contributed by atoms with E-state index in [1.807, 2.05) is 59.0 Å². The van der Waals surface area contributed by atoms with Crippen LogP contribution in [0.4, 0.5) is 5.69 Å². The second kappa shape index (κ2) is 9.95. The summed E-state index contributed by atoms with van der Waals surface area (Å²) in [5.74, 6) is 0.934. The SMILES string of the molecule is CCCN(CC(=O)Nc1cccc(-c2csc(C)n2)c1)Cc1nnc(-c2cccs2)o1. The Hall–Kier alpha value is -2.88. The van der Waals surface area contributed by atoms with Gasteiger partial charge in [0.1, 0.15) is 0 Å². The first-order chi connectivity index (χ1) is 15.1.